The first-order valence-corrected chi connectivity index (χ1v) is 3.79. The summed E-state index contributed by atoms with van der Waals surface area (Å²) in [5.74, 6) is 0. The zero-order valence-corrected chi connectivity index (χ0v) is 7.76. The number of pyridine rings is 2. The van der Waals surface area contributed by atoms with E-state index in [1.165, 1.54) is 0 Å². The van der Waals surface area contributed by atoms with Gasteiger partial charge in [0, 0.05) is 29.5 Å². The fraction of sp³-hybridized carbons (Fsp3) is 0. The Balaban J connectivity index is 0.000000845. The van der Waals surface area contributed by atoms with E-state index in [2.05, 4.69) is 9.97 Å². The summed E-state index contributed by atoms with van der Waals surface area (Å²) in [6.45, 7) is 0. The van der Waals surface area contributed by atoms with Crippen LogP contribution in [-0.2, 0) is 17.1 Å². The molecule has 2 rings (SSSR count). The molecule has 0 atom stereocenters. The van der Waals surface area contributed by atoms with Crippen molar-refractivity contribution in [3.8, 4) is 11.4 Å². The molecule has 0 aromatic carbocycles. The van der Waals surface area contributed by atoms with E-state index in [0.717, 1.165) is 11.4 Å². The predicted molar refractivity (Wildman–Crippen MR) is 57.4 cm³/mol. The van der Waals surface area contributed by atoms with Gasteiger partial charge in [0.25, 0.3) is 0 Å². The fourth-order valence-electron chi connectivity index (χ4n) is 1.03. The van der Waals surface area contributed by atoms with Gasteiger partial charge in [-0.25, -0.2) is 0 Å². The van der Waals surface area contributed by atoms with E-state index >= 15 is 0 Å². The number of nitrogens with zero attached hydrogens (tertiary/aromatic N) is 2. The van der Waals surface area contributed by atoms with Crippen molar-refractivity contribution < 1.29 is 17.1 Å². The van der Waals surface area contributed by atoms with Crippen molar-refractivity contribution in [2.24, 2.45) is 0 Å². The van der Waals surface area contributed by atoms with Gasteiger partial charge >= 0.3 is 0 Å². The summed E-state index contributed by atoms with van der Waals surface area (Å²) in [5.41, 5.74) is 1.83. The Kier molecular flexibility index (Phi) is 6.44. The molecule has 14 heavy (non-hydrogen) atoms. The third kappa shape index (κ3) is 3.25. The van der Waals surface area contributed by atoms with Crippen LogP contribution < -0.4 is 0 Å². The van der Waals surface area contributed by atoms with Crippen LogP contribution >= 0.6 is 0 Å². The molecule has 2 aromatic rings. The van der Waals surface area contributed by atoms with E-state index in [0.29, 0.717) is 0 Å². The standard InChI is InChI=1S/C10H8N2.Al.Cu.3H/c1-3-7-11-9(5-1)10-6-2-4-8-12-10;;;;;/h1-8H;;;;;. The fourth-order valence-corrected chi connectivity index (χ4v) is 1.03. The molecule has 0 aliphatic rings. The third-order valence-corrected chi connectivity index (χ3v) is 1.59. The summed E-state index contributed by atoms with van der Waals surface area (Å²) in [6, 6.07) is 11.6. The van der Waals surface area contributed by atoms with Crippen LogP contribution in [0.3, 0.4) is 0 Å². The zero-order valence-electron chi connectivity index (χ0n) is 6.81. The molecule has 0 N–H and O–H groups in total. The van der Waals surface area contributed by atoms with E-state index in [1.54, 1.807) is 12.4 Å². The Labute approximate surface area is 104 Å². The van der Waals surface area contributed by atoms with Gasteiger partial charge in [0.15, 0.2) is 17.4 Å². The molecular formula is C10H11AlCuN2. The van der Waals surface area contributed by atoms with Crippen molar-refractivity contribution in [1.29, 1.82) is 0 Å². The Hall–Kier alpha value is -0.648. The number of aromatic nitrogens is 2. The molecular weight excluding hydrogens is 239 g/mol. The van der Waals surface area contributed by atoms with Gasteiger partial charge in [0.1, 0.15) is 0 Å². The van der Waals surface area contributed by atoms with E-state index < -0.39 is 0 Å². The average molecular weight is 250 g/mol. The molecule has 0 fully saturated rings. The summed E-state index contributed by atoms with van der Waals surface area (Å²) >= 11 is 0. The van der Waals surface area contributed by atoms with E-state index in [4.69, 9.17) is 0 Å². The summed E-state index contributed by atoms with van der Waals surface area (Å²) in [6.07, 6.45) is 3.54. The molecule has 4 heteroatoms. The molecule has 0 aliphatic heterocycles. The second kappa shape index (κ2) is 6.75. The molecule has 2 nitrogen and oxygen atoms in total. The summed E-state index contributed by atoms with van der Waals surface area (Å²) in [4.78, 5) is 8.37. The van der Waals surface area contributed by atoms with E-state index in [-0.39, 0.29) is 34.4 Å². The Morgan fingerprint density at radius 3 is 1.43 bits per heavy atom. The molecule has 0 bridgehead atoms. The van der Waals surface area contributed by atoms with Crippen molar-refractivity contribution in [2.45, 2.75) is 0 Å². The Bertz CT molecular complexity index is 316. The SMILES string of the molecule is [AlH3].[Cu].c1ccc(-c2ccccn2)nc1. The predicted octanol–water partition coefficient (Wildman–Crippen LogP) is 0.957. The van der Waals surface area contributed by atoms with Crippen LogP contribution in [-0.4, -0.2) is 27.3 Å². The van der Waals surface area contributed by atoms with Crippen molar-refractivity contribution in [1.82, 2.24) is 9.97 Å². The molecule has 75 valence electrons. The molecule has 2 aromatic heterocycles. The second-order valence-corrected chi connectivity index (χ2v) is 2.43. The molecule has 0 unspecified atom stereocenters. The zero-order chi connectivity index (χ0) is 8.23. The van der Waals surface area contributed by atoms with Crippen LogP contribution in [0.15, 0.2) is 48.8 Å². The minimum absolute atomic E-state index is 0. The van der Waals surface area contributed by atoms with Gasteiger partial charge in [-0.2, -0.15) is 0 Å². The summed E-state index contributed by atoms with van der Waals surface area (Å²) in [5, 5.41) is 0. The van der Waals surface area contributed by atoms with Gasteiger partial charge in [-0.3, -0.25) is 9.97 Å². The first-order valence-electron chi connectivity index (χ1n) is 3.79. The summed E-state index contributed by atoms with van der Waals surface area (Å²) in [7, 11) is 0. The van der Waals surface area contributed by atoms with Crippen LogP contribution in [0.25, 0.3) is 11.4 Å². The van der Waals surface area contributed by atoms with Crippen molar-refractivity contribution in [3.63, 3.8) is 0 Å². The first kappa shape index (κ1) is 13.4. The molecule has 0 saturated carbocycles. The quantitative estimate of drug-likeness (QED) is 0.704. The minimum Gasteiger partial charge on any atom is -0.255 e. The van der Waals surface area contributed by atoms with Gasteiger partial charge in [0.2, 0.25) is 0 Å². The normalized spacial score (nSPS) is 8.29. The minimum atomic E-state index is 0. The maximum atomic E-state index is 4.19. The van der Waals surface area contributed by atoms with Gasteiger partial charge in [-0.15, -0.1) is 0 Å². The molecule has 1 radical (unpaired) electrons. The van der Waals surface area contributed by atoms with Crippen LogP contribution in [0.1, 0.15) is 0 Å². The van der Waals surface area contributed by atoms with E-state index in [9.17, 15) is 0 Å². The van der Waals surface area contributed by atoms with E-state index in [1.807, 2.05) is 36.4 Å². The molecule has 0 amide bonds. The number of hydrogen-bond acceptors (Lipinski definition) is 2. The van der Waals surface area contributed by atoms with Crippen LogP contribution in [0.2, 0.25) is 0 Å². The number of rotatable bonds is 1. The molecule has 0 spiro atoms. The summed E-state index contributed by atoms with van der Waals surface area (Å²) < 4.78 is 0. The van der Waals surface area contributed by atoms with Gasteiger partial charge in [-0.1, -0.05) is 12.1 Å². The molecule has 0 aliphatic carbocycles. The first-order chi connectivity index (χ1) is 5.97. The van der Waals surface area contributed by atoms with Gasteiger partial charge in [0.05, 0.1) is 11.4 Å². The Morgan fingerprint density at radius 2 is 1.14 bits per heavy atom. The smallest absolute Gasteiger partial charge is 0.187 e. The van der Waals surface area contributed by atoms with Crippen molar-refractivity contribution >= 4 is 17.4 Å². The topological polar surface area (TPSA) is 25.8 Å². The Morgan fingerprint density at radius 1 is 0.714 bits per heavy atom. The van der Waals surface area contributed by atoms with Gasteiger partial charge < -0.3 is 0 Å². The molecule has 0 saturated heterocycles. The van der Waals surface area contributed by atoms with Crippen LogP contribution in [0, 0.1) is 0 Å². The number of hydrogen-bond donors (Lipinski definition) is 0. The van der Waals surface area contributed by atoms with Gasteiger partial charge in [-0.05, 0) is 24.3 Å². The van der Waals surface area contributed by atoms with Crippen LogP contribution in [0.5, 0.6) is 0 Å². The van der Waals surface area contributed by atoms with Crippen molar-refractivity contribution in [2.75, 3.05) is 0 Å². The molecule has 2 heterocycles. The van der Waals surface area contributed by atoms with Crippen LogP contribution in [0.4, 0.5) is 0 Å². The average Bonchev–Trinajstić information content (AvgIpc) is 2.21. The monoisotopic (exact) mass is 249 g/mol. The largest absolute Gasteiger partial charge is 0.255 e. The third-order valence-electron chi connectivity index (χ3n) is 1.59. The maximum absolute atomic E-state index is 4.19. The van der Waals surface area contributed by atoms with Crippen molar-refractivity contribution in [3.05, 3.63) is 48.8 Å². The second-order valence-electron chi connectivity index (χ2n) is 2.43. The maximum Gasteiger partial charge on any atom is 0.187 e.